The first-order valence-electron chi connectivity index (χ1n) is 12.4. The predicted octanol–water partition coefficient (Wildman–Crippen LogP) is -0.158. The van der Waals surface area contributed by atoms with E-state index in [1.807, 2.05) is 6.26 Å². The topological polar surface area (TPSA) is 214 Å². The van der Waals surface area contributed by atoms with Gasteiger partial charge in [-0.1, -0.05) is 30.3 Å². The second kappa shape index (κ2) is 18.2. The Bertz CT molecular complexity index is 919. The Kier molecular flexibility index (Phi) is 15.7. The number of rotatable bonds is 19. The minimum atomic E-state index is -1.26. The highest BCUT2D eigenvalue weighted by Crippen LogP contribution is 2.08. The van der Waals surface area contributed by atoms with Crippen molar-refractivity contribution in [1.29, 1.82) is 0 Å². The van der Waals surface area contributed by atoms with Crippen molar-refractivity contribution in [1.82, 2.24) is 16.0 Å². The maximum absolute atomic E-state index is 13.2. The number of carbonyl (C=O) groups excluding carboxylic acids is 3. The van der Waals surface area contributed by atoms with Gasteiger partial charge in [-0.3, -0.25) is 19.2 Å². The number of hydrogen-bond acceptors (Lipinski definition) is 8. The number of nitrogens with two attached hydrogens (primary N) is 2. The van der Waals surface area contributed by atoms with E-state index in [-0.39, 0.29) is 19.3 Å². The van der Waals surface area contributed by atoms with Crippen LogP contribution in [0.4, 0.5) is 0 Å². The van der Waals surface area contributed by atoms with Crippen LogP contribution in [0.15, 0.2) is 30.3 Å². The molecule has 4 atom stereocenters. The molecule has 38 heavy (non-hydrogen) atoms. The molecule has 0 fully saturated rings. The Morgan fingerprint density at radius 2 is 1.45 bits per heavy atom. The molecule has 0 heterocycles. The number of carbonyl (C=O) groups is 5. The molecule has 9 N–H and O–H groups in total. The van der Waals surface area contributed by atoms with Crippen molar-refractivity contribution in [2.75, 3.05) is 18.6 Å². The van der Waals surface area contributed by atoms with Crippen LogP contribution in [0.1, 0.15) is 44.1 Å². The van der Waals surface area contributed by atoms with Crippen LogP contribution in [0.3, 0.4) is 0 Å². The summed E-state index contributed by atoms with van der Waals surface area (Å²) in [5, 5.41) is 26.2. The van der Waals surface area contributed by atoms with Gasteiger partial charge >= 0.3 is 11.9 Å². The van der Waals surface area contributed by atoms with Gasteiger partial charge in [0.15, 0.2) is 0 Å². The lowest BCUT2D eigenvalue weighted by molar-refractivity contribution is -0.142. The van der Waals surface area contributed by atoms with Crippen LogP contribution >= 0.6 is 11.8 Å². The fourth-order valence-corrected chi connectivity index (χ4v) is 4.03. The molecule has 0 aromatic heterocycles. The van der Waals surface area contributed by atoms with Crippen LogP contribution in [-0.4, -0.2) is 82.6 Å². The summed E-state index contributed by atoms with van der Waals surface area (Å²) in [7, 11) is 0. The zero-order valence-corrected chi connectivity index (χ0v) is 22.4. The minimum absolute atomic E-state index is 0.0420. The van der Waals surface area contributed by atoms with E-state index in [0.29, 0.717) is 37.1 Å². The highest BCUT2D eigenvalue weighted by atomic mass is 32.2. The van der Waals surface area contributed by atoms with E-state index in [9.17, 15) is 29.1 Å². The molecule has 4 unspecified atom stereocenters. The normalized spacial score (nSPS) is 14.0. The standard InChI is InChI=1S/C25H39N5O7S/c1-38-14-12-17(27)22(33)28-18(10-11-21(31)32)23(34)30-20(15-16-7-3-2-4-8-16)24(35)29-19(25(36)37)9-5-6-13-26/h2-4,7-8,17-20H,5-6,9-15,26-27H2,1H3,(H,28,33)(H,29,35)(H,30,34)(H,31,32)(H,36,37). The van der Waals surface area contributed by atoms with Gasteiger partial charge in [-0.2, -0.15) is 11.8 Å². The zero-order chi connectivity index (χ0) is 28.5. The lowest BCUT2D eigenvalue weighted by Gasteiger charge is -2.25. The van der Waals surface area contributed by atoms with Crippen molar-refractivity contribution in [3.05, 3.63) is 35.9 Å². The molecule has 1 aromatic carbocycles. The molecule has 0 aliphatic carbocycles. The number of thioether (sulfide) groups is 1. The van der Waals surface area contributed by atoms with E-state index < -0.39 is 60.2 Å². The molecular formula is C25H39N5O7S. The molecule has 0 radical (unpaired) electrons. The first kappa shape index (κ1) is 32.9. The average Bonchev–Trinajstić information content (AvgIpc) is 2.88. The predicted molar refractivity (Wildman–Crippen MR) is 144 cm³/mol. The van der Waals surface area contributed by atoms with Gasteiger partial charge in [0.05, 0.1) is 6.04 Å². The van der Waals surface area contributed by atoms with Crippen molar-refractivity contribution in [3.8, 4) is 0 Å². The maximum atomic E-state index is 13.2. The lowest BCUT2D eigenvalue weighted by Crippen LogP contribution is -2.57. The molecule has 3 amide bonds. The number of hydrogen-bond donors (Lipinski definition) is 7. The number of carboxylic acids is 2. The molecule has 1 aromatic rings. The van der Waals surface area contributed by atoms with Gasteiger partial charge in [-0.25, -0.2) is 4.79 Å². The van der Waals surface area contributed by atoms with Crippen molar-refractivity contribution >= 4 is 41.4 Å². The summed E-state index contributed by atoms with van der Waals surface area (Å²) in [6.45, 7) is 0.386. The summed E-state index contributed by atoms with van der Waals surface area (Å²) in [4.78, 5) is 61.7. The van der Waals surface area contributed by atoms with Gasteiger partial charge in [0, 0.05) is 12.8 Å². The van der Waals surface area contributed by atoms with Gasteiger partial charge in [-0.05, 0) is 56.2 Å². The third-order valence-electron chi connectivity index (χ3n) is 5.73. The van der Waals surface area contributed by atoms with Gasteiger partial charge in [-0.15, -0.1) is 0 Å². The molecular weight excluding hydrogens is 514 g/mol. The number of carboxylic acid groups (broad SMARTS) is 2. The minimum Gasteiger partial charge on any atom is -0.481 e. The summed E-state index contributed by atoms with van der Waals surface area (Å²) < 4.78 is 0. The molecule has 212 valence electrons. The van der Waals surface area contributed by atoms with E-state index in [1.54, 1.807) is 30.3 Å². The van der Waals surface area contributed by atoms with Crippen LogP contribution in [0.2, 0.25) is 0 Å². The van der Waals surface area contributed by atoms with Crippen LogP contribution < -0.4 is 27.4 Å². The largest absolute Gasteiger partial charge is 0.481 e. The Morgan fingerprint density at radius 3 is 2.03 bits per heavy atom. The SMILES string of the molecule is CSCCC(N)C(=O)NC(CCC(=O)O)C(=O)NC(Cc1ccccc1)C(=O)NC(CCCCN)C(=O)O. The quantitative estimate of drug-likeness (QED) is 0.112. The number of benzene rings is 1. The Balaban J connectivity index is 3.09. The zero-order valence-electron chi connectivity index (χ0n) is 21.6. The van der Waals surface area contributed by atoms with Crippen LogP contribution in [-0.2, 0) is 30.4 Å². The maximum Gasteiger partial charge on any atom is 0.326 e. The summed E-state index contributed by atoms with van der Waals surface area (Å²) in [5.74, 6) is -3.87. The lowest BCUT2D eigenvalue weighted by atomic mass is 10.0. The third kappa shape index (κ3) is 12.9. The van der Waals surface area contributed by atoms with E-state index in [2.05, 4.69) is 16.0 Å². The van der Waals surface area contributed by atoms with Crippen molar-refractivity contribution < 1.29 is 34.2 Å². The van der Waals surface area contributed by atoms with Crippen molar-refractivity contribution in [2.45, 2.75) is 69.1 Å². The van der Waals surface area contributed by atoms with Gasteiger partial charge in [0.2, 0.25) is 17.7 Å². The summed E-state index contributed by atoms with van der Waals surface area (Å²) in [5.41, 5.74) is 12.1. The molecule has 0 saturated heterocycles. The summed E-state index contributed by atoms with van der Waals surface area (Å²) >= 11 is 1.50. The second-order valence-electron chi connectivity index (χ2n) is 8.82. The van der Waals surface area contributed by atoms with Crippen molar-refractivity contribution in [2.24, 2.45) is 11.5 Å². The van der Waals surface area contributed by atoms with Crippen LogP contribution in [0.5, 0.6) is 0 Å². The van der Waals surface area contributed by atoms with Crippen molar-refractivity contribution in [3.63, 3.8) is 0 Å². The molecule has 13 heteroatoms. The van der Waals surface area contributed by atoms with Gasteiger partial charge in [0.25, 0.3) is 0 Å². The van der Waals surface area contributed by atoms with E-state index in [0.717, 1.165) is 0 Å². The summed E-state index contributed by atoms with van der Waals surface area (Å²) in [6, 6.07) is 4.27. The number of aliphatic carboxylic acids is 2. The smallest absolute Gasteiger partial charge is 0.326 e. The Morgan fingerprint density at radius 1 is 0.842 bits per heavy atom. The fourth-order valence-electron chi connectivity index (χ4n) is 3.55. The highest BCUT2D eigenvalue weighted by Gasteiger charge is 2.30. The third-order valence-corrected chi connectivity index (χ3v) is 6.37. The molecule has 12 nitrogen and oxygen atoms in total. The number of unbranched alkanes of at least 4 members (excludes halogenated alkanes) is 1. The van der Waals surface area contributed by atoms with E-state index >= 15 is 0 Å². The molecule has 0 aliphatic rings. The van der Waals surface area contributed by atoms with Crippen LogP contribution in [0.25, 0.3) is 0 Å². The molecule has 0 bridgehead atoms. The fraction of sp³-hybridized carbons (Fsp3) is 0.560. The second-order valence-corrected chi connectivity index (χ2v) is 9.80. The highest BCUT2D eigenvalue weighted by molar-refractivity contribution is 7.98. The first-order valence-corrected chi connectivity index (χ1v) is 13.8. The van der Waals surface area contributed by atoms with E-state index in [1.165, 1.54) is 11.8 Å². The van der Waals surface area contributed by atoms with E-state index in [4.69, 9.17) is 16.6 Å². The molecule has 0 saturated carbocycles. The number of nitrogens with one attached hydrogen (secondary N) is 3. The van der Waals surface area contributed by atoms with Gasteiger partial charge < -0.3 is 37.6 Å². The molecule has 0 spiro atoms. The molecule has 1 rings (SSSR count). The van der Waals surface area contributed by atoms with Crippen LogP contribution in [0, 0.1) is 0 Å². The first-order chi connectivity index (χ1) is 18.1. The molecule has 0 aliphatic heterocycles. The number of amides is 3. The van der Waals surface area contributed by atoms with Gasteiger partial charge in [0.1, 0.15) is 18.1 Å². The summed E-state index contributed by atoms with van der Waals surface area (Å²) in [6.07, 6.45) is 2.88. The Hall–Kier alpha value is -3.16. The Labute approximate surface area is 226 Å². The monoisotopic (exact) mass is 553 g/mol. The average molecular weight is 554 g/mol.